The van der Waals surface area contributed by atoms with Crippen LogP contribution in [0.5, 0.6) is 0 Å². The molecule has 0 radical (unpaired) electrons. The van der Waals surface area contributed by atoms with Crippen LogP contribution in [0.25, 0.3) is 5.57 Å². The molecule has 0 spiro atoms. The Hall–Kier alpha value is -2.28. The van der Waals surface area contributed by atoms with Crippen molar-refractivity contribution >= 4 is 21.4 Å². The highest BCUT2D eigenvalue weighted by molar-refractivity contribution is 7.89. The lowest BCUT2D eigenvalue weighted by atomic mass is 9.98. The number of hydrogen-bond donors (Lipinski definition) is 1. The van der Waals surface area contributed by atoms with E-state index in [4.69, 9.17) is 0 Å². The first-order chi connectivity index (χ1) is 13.0. The molecule has 4 rings (SSSR count). The second-order valence-electron chi connectivity index (χ2n) is 6.97. The molecule has 140 valence electrons. The van der Waals surface area contributed by atoms with Gasteiger partial charge in [-0.2, -0.15) is 4.31 Å². The fourth-order valence-corrected chi connectivity index (χ4v) is 5.20. The summed E-state index contributed by atoms with van der Waals surface area (Å²) in [5, 5.41) is 9.61. The van der Waals surface area contributed by atoms with E-state index in [-0.39, 0.29) is 10.7 Å². The number of aliphatic hydroxyl groups is 1. The summed E-state index contributed by atoms with van der Waals surface area (Å²) in [6, 6.07) is 14.0. The van der Waals surface area contributed by atoms with Crippen LogP contribution in [0, 0.1) is 0 Å². The largest absolute Gasteiger partial charge is 0.393 e. The van der Waals surface area contributed by atoms with Crippen LogP contribution in [-0.2, 0) is 16.4 Å². The van der Waals surface area contributed by atoms with E-state index in [0.29, 0.717) is 43.5 Å². The first kappa shape index (κ1) is 18.1. The SMILES string of the molecule is O=C(C1=CCc2ccccc21)c1cccc(S(=O)(=O)N2CCC(O)CC2)c1. The molecule has 1 saturated heterocycles. The smallest absolute Gasteiger partial charge is 0.243 e. The predicted octanol–water partition coefficient (Wildman–Crippen LogP) is 2.65. The van der Waals surface area contributed by atoms with Crippen molar-refractivity contribution in [2.24, 2.45) is 0 Å². The lowest BCUT2D eigenvalue weighted by Crippen LogP contribution is -2.40. The molecule has 1 aliphatic heterocycles. The quantitative estimate of drug-likeness (QED) is 0.824. The highest BCUT2D eigenvalue weighted by Gasteiger charge is 2.29. The van der Waals surface area contributed by atoms with Crippen molar-refractivity contribution < 1.29 is 18.3 Å². The number of rotatable bonds is 4. The average molecular weight is 383 g/mol. The normalized spacial score (nSPS) is 18.2. The van der Waals surface area contributed by atoms with Gasteiger partial charge in [-0.1, -0.05) is 42.5 Å². The van der Waals surface area contributed by atoms with Gasteiger partial charge in [0.1, 0.15) is 0 Å². The zero-order valence-electron chi connectivity index (χ0n) is 14.8. The third kappa shape index (κ3) is 3.36. The average Bonchev–Trinajstić information content (AvgIpc) is 3.12. The van der Waals surface area contributed by atoms with Gasteiger partial charge in [0.05, 0.1) is 11.0 Å². The molecular weight excluding hydrogens is 362 g/mol. The summed E-state index contributed by atoms with van der Waals surface area (Å²) in [6.07, 6.45) is 3.04. The number of aliphatic hydroxyl groups excluding tert-OH is 1. The van der Waals surface area contributed by atoms with Crippen LogP contribution in [0.2, 0.25) is 0 Å². The van der Waals surface area contributed by atoms with E-state index >= 15 is 0 Å². The monoisotopic (exact) mass is 383 g/mol. The van der Waals surface area contributed by atoms with E-state index in [1.54, 1.807) is 12.1 Å². The van der Waals surface area contributed by atoms with Crippen molar-refractivity contribution in [1.82, 2.24) is 4.31 Å². The Morgan fingerprint density at radius 1 is 1.04 bits per heavy atom. The summed E-state index contributed by atoms with van der Waals surface area (Å²) in [7, 11) is -3.67. The minimum absolute atomic E-state index is 0.122. The maximum atomic E-state index is 13.0. The molecule has 2 aliphatic rings. The summed E-state index contributed by atoms with van der Waals surface area (Å²) in [5.41, 5.74) is 3.02. The zero-order chi connectivity index (χ0) is 19.0. The number of sulfonamides is 1. The van der Waals surface area contributed by atoms with Gasteiger partial charge in [0.15, 0.2) is 5.78 Å². The van der Waals surface area contributed by atoms with Gasteiger partial charge in [0.2, 0.25) is 10.0 Å². The fourth-order valence-electron chi connectivity index (χ4n) is 3.68. The molecule has 27 heavy (non-hydrogen) atoms. The van der Waals surface area contributed by atoms with Crippen LogP contribution in [0.15, 0.2) is 59.5 Å². The number of allylic oxidation sites excluding steroid dienone is 2. The summed E-state index contributed by atoms with van der Waals surface area (Å²) in [5.74, 6) is -0.161. The van der Waals surface area contributed by atoms with Gasteiger partial charge in [0.25, 0.3) is 0 Å². The van der Waals surface area contributed by atoms with Gasteiger partial charge >= 0.3 is 0 Å². The van der Waals surface area contributed by atoms with E-state index in [1.807, 2.05) is 30.3 Å². The topological polar surface area (TPSA) is 74.7 Å². The van der Waals surface area contributed by atoms with Crippen molar-refractivity contribution in [2.75, 3.05) is 13.1 Å². The zero-order valence-corrected chi connectivity index (χ0v) is 15.7. The molecule has 5 nitrogen and oxygen atoms in total. The predicted molar refractivity (Wildman–Crippen MR) is 103 cm³/mol. The molecule has 0 atom stereocenters. The number of ketones is 1. The molecule has 1 N–H and O–H groups in total. The Balaban J connectivity index is 1.63. The van der Waals surface area contributed by atoms with Gasteiger partial charge in [0, 0.05) is 24.2 Å². The Morgan fingerprint density at radius 3 is 2.56 bits per heavy atom. The molecule has 6 heteroatoms. The minimum atomic E-state index is -3.67. The Labute approximate surface area is 159 Å². The summed E-state index contributed by atoms with van der Waals surface area (Å²) in [6.45, 7) is 0.584. The van der Waals surface area contributed by atoms with Crippen LogP contribution in [-0.4, -0.2) is 42.8 Å². The minimum Gasteiger partial charge on any atom is -0.393 e. The molecule has 0 bridgehead atoms. The Kier molecular flexibility index (Phi) is 4.72. The van der Waals surface area contributed by atoms with Gasteiger partial charge in [-0.15, -0.1) is 0 Å². The maximum Gasteiger partial charge on any atom is 0.243 e. The molecule has 2 aromatic rings. The van der Waals surface area contributed by atoms with Crippen molar-refractivity contribution in [3.63, 3.8) is 0 Å². The van der Waals surface area contributed by atoms with Gasteiger partial charge in [-0.25, -0.2) is 8.42 Å². The Bertz CT molecular complexity index is 1020. The third-order valence-corrected chi connectivity index (χ3v) is 7.13. The molecule has 0 unspecified atom stereocenters. The number of nitrogens with zero attached hydrogens (tertiary/aromatic N) is 1. The number of fused-ring (bicyclic) bond motifs is 1. The molecule has 1 aliphatic carbocycles. The van der Waals surface area contributed by atoms with E-state index in [2.05, 4.69) is 0 Å². The third-order valence-electron chi connectivity index (χ3n) is 5.24. The number of Topliss-reactive ketones (excluding diaryl/α,β-unsaturated/α-hetero) is 1. The highest BCUT2D eigenvalue weighted by atomic mass is 32.2. The van der Waals surface area contributed by atoms with Crippen LogP contribution in [0.1, 0.15) is 34.3 Å². The Morgan fingerprint density at radius 2 is 1.78 bits per heavy atom. The van der Waals surface area contributed by atoms with Crippen LogP contribution in [0.3, 0.4) is 0 Å². The number of hydrogen-bond acceptors (Lipinski definition) is 4. The standard InChI is InChI=1S/C21H21NO4S/c23-17-10-12-22(13-11-17)27(25,26)18-6-3-5-16(14-18)21(24)20-9-8-15-4-1-2-7-19(15)20/h1-7,9,14,17,23H,8,10-13H2. The summed E-state index contributed by atoms with van der Waals surface area (Å²) in [4.78, 5) is 13.1. The van der Waals surface area contributed by atoms with Crippen molar-refractivity contribution in [3.8, 4) is 0 Å². The summed E-state index contributed by atoms with van der Waals surface area (Å²) < 4.78 is 27.2. The number of carbonyl (C=O) groups excluding carboxylic acids is 1. The second-order valence-corrected chi connectivity index (χ2v) is 8.91. The van der Waals surface area contributed by atoms with Gasteiger partial charge in [-0.3, -0.25) is 4.79 Å². The molecule has 0 saturated carbocycles. The first-order valence-electron chi connectivity index (χ1n) is 9.08. The van der Waals surface area contributed by atoms with Crippen LogP contribution in [0.4, 0.5) is 0 Å². The molecule has 0 amide bonds. The first-order valence-corrected chi connectivity index (χ1v) is 10.5. The highest BCUT2D eigenvalue weighted by Crippen LogP contribution is 2.30. The summed E-state index contributed by atoms with van der Waals surface area (Å²) >= 11 is 0. The maximum absolute atomic E-state index is 13.0. The van der Waals surface area contributed by atoms with E-state index in [1.165, 1.54) is 16.4 Å². The van der Waals surface area contributed by atoms with E-state index < -0.39 is 16.1 Å². The van der Waals surface area contributed by atoms with Crippen LogP contribution < -0.4 is 0 Å². The van der Waals surface area contributed by atoms with Crippen molar-refractivity contribution in [1.29, 1.82) is 0 Å². The fraction of sp³-hybridized carbons (Fsp3) is 0.286. The van der Waals surface area contributed by atoms with E-state index in [9.17, 15) is 18.3 Å². The van der Waals surface area contributed by atoms with Crippen LogP contribution >= 0.6 is 0 Å². The molecule has 2 aromatic carbocycles. The number of piperidine rings is 1. The molecular formula is C21H21NO4S. The van der Waals surface area contributed by atoms with E-state index in [0.717, 1.165) is 11.1 Å². The lowest BCUT2D eigenvalue weighted by molar-refractivity contribution is 0.105. The lowest BCUT2D eigenvalue weighted by Gasteiger charge is -2.28. The number of benzene rings is 2. The van der Waals surface area contributed by atoms with Gasteiger partial charge in [-0.05, 0) is 42.5 Å². The molecule has 1 fully saturated rings. The van der Waals surface area contributed by atoms with Crippen molar-refractivity contribution in [2.45, 2.75) is 30.3 Å². The second kappa shape index (κ2) is 7.03. The van der Waals surface area contributed by atoms with Crippen molar-refractivity contribution in [3.05, 3.63) is 71.3 Å². The van der Waals surface area contributed by atoms with Gasteiger partial charge < -0.3 is 5.11 Å². The molecule has 1 heterocycles. The number of carbonyl (C=O) groups is 1. The molecule has 0 aromatic heterocycles.